The van der Waals surface area contributed by atoms with E-state index in [1.165, 1.54) is 0 Å². The van der Waals surface area contributed by atoms with E-state index in [1.807, 2.05) is 26.0 Å². The van der Waals surface area contributed by atoms with Crippen LogP contribution in [0.25, 0.3) is 21.3 Å². The molecule has 0 aliphatic carbocycles. The second kappa shape index (κ2) is 6.45. The molecule has 120 valence electrons. The zero-order chi connectivity index (χ0) is 16.6. The number of H-pyrrole nitrogens is 1. The first-order valence-electron chi connectivity index (χ1n) is 7.28. The fraction of sp³-hybridized carbons (Fsp3) is 0.294. The molecule has 0 atom stereocenters. The molecular weight excluding hydrogens is 376 g/mol. The van der Waals surface area contributed by atoms with Gasteiger partial charge in [-0.3, -0.25) is 4.79 Å². The SMILES string of the molecule is COc1ccc(C)cc1-c1c(C)sc2nc(CCBr)[nH]c(=O)c12. The van der Waals surface area contributed by atoms with E-state index in [0.717, 1.165) is 37.5 Å². The number of rotatable bonds is 4. The summed E-state index contributed by atoms with van der Waals surface area (Å²) in [5.41, 5.74) is 2.90. The summed E-state index contributed by atoms with van der Waals surface area (Å²) in [7, 11) is 1.65. The van der Waals surface area contributed by atoms with Gasteiger partial charge in [-0.05, 0) is 26.0 Å². The number of fused-ring (bicyclic) bond motifs is 1. The Hall–Kier alpha value is -1.66. The molecule has 2 heterocycles. The minimum absolute atomic E-state index is 0.0890. The van der Waals surface area contributed by atoms with Crippen LogP contribution in [0.15, 0.2) is 23.0 Å². The van der Waals surface area contributed by atoms with Gasteiger partial charge in [-0.1, -0.05) is 27.6 Å². The molecule has 0 aliphatic heterocycles. The van der Waals surface area contributed by atoms with Crippen LogP contribution in [0.3, 0.4) is 0 Å². The van der Waals surface area contributed by atoms with Gasteiger partial charge in [-0.15, -0.1) is 11.3 Å². The third kappa shape index (κ3) is 2.93. The van der Waals surface area contributed by atoms with Gasteiger partial charge < -0.3 is 9.72 Å². The van der Waals surface area contributed by atoms with Crippen molar-refractivity contribution in [3.63, 3.8) is 0 Å². The molecule has 1 aromatic carbocycles. The van der Waals surface area contributed by atoms with Crippen LogP contribution in [0, 0.1) is 13.8 Å². The summed E-state index contributed by atoms with van der Waals surface area (Å²) >= 11 is 4.93. The molecule has 0 saturated carbocycles. The Kier molecular flexibility index (Phi) is 4.55. The number of halogens is 1. The van der Waals surface area contributed by atoms with Crippen LogP contribution in [0.2, 0.25) is 0 Å². The van der Waals surface area contributed by atoms with Gasteiger partial charge in [0.1, 0.15) is 16.4 Å². The van der Waals surface area contributed by atoms with Gasteiger partial charge in [0, 0.05) is 27.8 Å². The number of nitrogens with one attached hydrogen (secondary N) is 1. The number of methoxy groups -OCH3 is 1. The average molecular weight is 393 g/mol. The van der Waals surface area contributed by atoms with Crippen molar-refractivity contribution in [3.8, 4) is 16.9 Å². The lowest BCUT2D eigenvalue weighted by Gasteiger charge is -2.10. The van der Waals surface area contributed by atoms with Crippen molar-refractivity contribution in [2.24, 2.45) is 0 Å². The van der Waals surface area contributed by atoms with E-state index in [4.69, 9.17) is 4.74 Å². The monoisotopic (exact) mass is 392 g/mol. The highest BCUT2D eigenvalue weighted by Gasteiger charge is 2.19. The number of aromatic amines is 1. The lowest BCUT2D eigenvalue weighted by atomic mass is 10.0. The van der Waals surface area contributed by atoms with E-state index in [9.17, 15) is 4.79 Å². The molecule has 0 spiro atoms. The molecule has 0 amide bonds. The largest absolute Gasteiger partial charge is 0.496 e. The number of hydrogen-bond acceptors (Lipinski definition) is 4. The first kappa shape index (κ1) is 16.2. The summed E-state index contributed by atoms with van der Waals surface area (Å²) in [5, 5.41) is 1.42. The van der Waals surface area contributed by atoms with Crippen molar-refractivity contribution in [1.82, 2.24) is 9.97 Å². The van der Waals surface area contributed by atoms with E-state index in [2.05, 4.69) is 32.0 Å². The smallest absolute Gasteiger partial charge is 0.260 e. The highest BCUT2D eigenvalue weighted by Crippen LogP contribution is 2.40. The maximum Gasteiger partial charge on any atom is 0.260 e. The predicted molar refractivity (Wildman–Crippen MR) is 99.2 cm³/mol. The molecule has 3 rings (SSSR count). The summed E-state index contributed by atoms with van der Waals surface area (Å²) in [5.74, 6) is 1.48. The second-order valence-corrected chi connectivity index (χ2v) is 7.36. The molecule has 0 unspecified atom stereocenters. The molecule has 0 bridgehead atoms. The molecule has 0 aliphatic rings. The van der Waals surface area contributed by atoms with Crippen molar-refractivity contribution in [3.05, 3.63) is 44.8 Å². The summed E-state index contributed by atoms with van der Waals surface area (Å²) < 4.78 is 5.50. The van der Waals surface area contributed by atoms with Gasteiger partial charge in [-0.2, -0.15) is 0 Å². The van der Waals surface area contributed by atoms with Crippen LogP contribution >= 0.6 is 27.3 Å². The molecule has 0 radical (unpaired) electrons. The van der Waals surface area contributed by atoms with Gasteiger partial charge in [0.2, 0.25) is 0 Å². The molecule has 4 nitrogen and oxygen atoms in total. The third-order valence-corrected chi connectivity index (χ3v) is 5.14. The Morgan fingerprint density at radius 1 is 1.35 bits per heavy atom. The van der Waals surface area contributed by atoms with Gasteiger partial charge in [0.15, 0.2) is 0 Å². The van der Waals surface area contributed by atoms with Crippen LogP contribution in [0.5, 0.6) is 5.75 Å². The fourth-order valence-corrected chi connectivity index (χ4v) is 4.15. The first-order valence-corrected chi connectivity index (χ1v) is 9.22. The highest BCUT2D eigenvalue weighted by atomic mass is 79.9. The molecule has 6 heteroatoms. The number of aromatic nitrogens is 2. The molecule has 3 aromatic rings. The van der Waals surface area contributed by atoms with Crippen LogP contribution in [-0.2, 0) is 6.42 Å². The Morgan fingerprint density at radius 2 is 2.13 bits per heavy atom. The van der Waals surface area contributed by atoms with Crippen molar-refractivity contribution >= 4 is 37.5 Å². The minimum Gasteiger partial charge on any atom is -0.496 e. The zero-order valence-electron chi connectivity index (χ0n) is 13.2. The van der Waals surface area contributed by atoms with Gasteiger partial charge in [-0.25, -0.2) is 4.98 Å². The molecule has 2 aromatic heterocycles. The lowest BCUT2D eigenvalue weighted by Crippen LogP contribution is -2.11. The summed E-state index contributed by atoms with van der Waals surface area (Å²) in [6, 6.07) is 6.00. The highest BCUT2D eigenvalue weighted by molar-refractivity contribution is 9.09. The predicted octanol–water partition coefficient (Wildman–Crippen LogP) is 4.21. The van der Waals surface area contributed by atoms with Crippen molar-refractivity contribution in [2.75, 3.05) is 12.4 Å². The number of alkyl halides is 1. The van der Waals surface area contributed by atoms with Gasteiger partial charge in [0.25, 0.3) is 5.56 Å². The van der Waals surface area contributed by atoms with Crippen LogP contribution < -0.4 is 10.3 Å². The van der Waals surface area contributed by atoms with Gasteiger partial charge >= 0.3 is 0 Å². The van der Waals surface area contributed by atoms with Crippen LogP contribution in [0.4, 0.5) is 0 Å². The van der Waals surface area contributed by atoms with Crippen molar-refractivity contribution < 1.29 is 4.74 Å². The molecule has 0 saturated heterocycles. The standard InChI is InChI=1S/C17H17BrN2O2S/c1-9-4-5-12(22-3)11(8-9)14-10(2)23-17-15(14)16(21)19-13(20-17)6-7-18/h4-5,8H,6-7H2,1-3H3,(H,19,20,21). The molecular formula is C17H17BrN2O2S. The Bertz CT molecular complexity index is 930. The Labute approximate surface area is 146 Å². The summed E-state index contributed by atoms with van der Waals surface area (Å²) in [6.07, 6.45) is 0.700. The summed E-state index contributed by atoms with van der Waals surface area (Å²) in [4.78, 5) is 22.0. The normalized spacial score (nSPS) is 11.1. The van der Waals surface area contributed by atoms with Crippen molar-refractivity contribution in [2.45, 2.75) is 20.3 Å². The van der Waals surface area contributed by atoms with Crippen LogP contribution in [-0.4, -0.2) is 22.4 Å². The third-order valence-electron chi connectivity index (χ3n) is 3.74. The van der Waals surface area contributed by atoms with E-state index in [0.29, 0.717) is 17.6 Å². The second-order valence-electron chi connectivity index (χ2n) is 5.37. The lowest BCUT2D eigenvalue weighted by molar-refractivity contribution is 0.416. The average Bonchev–Trinajstić information content (AvgIpc) is 2.84. The van der Waals surface area contributed by atoms with E-state index >= 15 is 0 Å². The quantitative estimate of drug-likeness (QED) is 0.676. The number of aryl methyl sites for hydroxylation is 3. The fourth-order valence-electron chi connectivity index (χ4n) is 2.71. The molecule has 23 heavy (non-hydrogen) atoms. The Balaban J connectivity index is 2.33. The Morgan fingerprint density at radius 3 is 2.83 bits per heavy atom. The van der Waals surface area contributed by atoms with Gasteiger partial charge in [0.05, 0.1) is 12.5 Å². The number of nitrogens with zero attached hydrogens (tertiary/aromatic N) is 1. The number of ether oxygens (including phenoxy) is 1. The number of thiophene rings is 1. The minimum atomic E-state index is -0.0890. The van der Waals surface area contributed by atoms with E-state index in [1.54, 1.807) is 18.4 Å². The molecule has 1 N–H and O–H groups in total. The number of benzene rings is 1. The van der Waals surface area contributed by atoms with Crippen molar-refractivity contribution in [1.29, 1.82) is 0 Å². The maximum absolute atomic E-state index is 12.6. The number of hydrogen-bond donors (Lipinski definition) is 1. The molecule has 0 fully saturated rings. The zero-order valence-corrected chi connectivity index (χ0v) is 15.6. The topological polar surface area (TPSA) is 55.0 Å². The maximum atomic E-state index is 12.6. The summed E-state index contributed by atoms with van der Waals surface area (Å²) in [6.45, 7) is 4.05. The first-order chi connectivity index (χ1) is 11.0. The van der Waals surface area contributed by atoms with E-state index < -0.39 is 0 Å². The van der Waals surface area contributed by atoms with Crippen LogP contribution in [0.1, 0.15) is 16.3 Å². The van der Waals surface area contributed by atoms with E-state index in [-0.39, 0.29) is 5.56 Å².